The molecule has 3 rings (SSSR count). The number of carbonyl (C=O) groups excluding carboxylic acids is 1. The van der Waals surface area contributed by atoms with Crippen molar-refractivity contribution in [3.8, 4) is 0 Å². The fourth-order valence-electron chi connectivity index (χ4n) is 2.94. The van der Waals surface area contributed by atoms with Crippen LogP contribution in [0.5, 0.6) is 0 Å². The van der Waals surface area contributed by atoms with E-state index in [4.69, 9.17) is 4.74 Å². The Kier molecular flexibility index (Phi) is 5.15. The number of ether oxygens (including phenoxy) is 1. The van der Waals surface area contributed by atoms with Crippen molar-refractivity contribution < 1.29 is 9.53 Å². The third-order valence-electron chi connectivity index (χ3n) is 4.14. The van der Waals surface area contributed by atoms with Crippen LogP contribution in [0.4, 0.5) is 0 Å². The number of hydrogen-bond donors (Lipinski definition) is 1. The first-order valence-corrected chi connectivity index (χ1v) is 9.09. The molecule has 3 heterocycles. The van der Waals surface area contributed by atoms with Crippen molar-refractivity contribution in [2.45, 2.75) is 45.4 Å². The molecule has 8 heteroatoms. The van der Waals surface area contributed by atoms with E-state index >= 15 is 0 Å². The van der Waals surface area contributed by atoms with Gasteiger partial charge in [0.05, 0.1) is 11.6 Å². The Balaban J connectivity index is 1.85. The fraction of sp³-hybridized carbons (Fsp3) is 0.562. The molecule has 0 aliphatic carbocycles. The quantitative estimate of drug-likeness (QED) is 0.839. The highest BCUT2D eigenvalue weighted by molar-refractivity contribution is 7.17. The Hall–Kier alpha value is -1.93. The van der Waals surface area contributed by atoms with Crippen molar-refractivity contribution in [2.75, 3.05) is 13.2 Å². The summed E-state index contributed by atoms with van der Waals surface area (Å²) in [5.74, 6) is -0.248. The lowest BCUT2D eigenvalue weighted by atomic mass is 10.2. The van der Waals surface area contributed by atoms with Crippen molar-refractivity contribution in [3.05, 3.63) is 32.3 Å². The van der Waals surface area contributed by atoms with Crippen molar-refractivity contribution in [1.29, 1.82) is 0 Å². The number of carbonyl (C=O) groups is 1. The summed E-state index contributed by atoms with van der Waals surface area (Å²) >= 11 is 1.29. The largest absolute Gasteiger partial charge is 0.376 e. The summed E-state index contributed by atoms with van der Waals surface area (Å²) in [5, 5.41) is 4.58. The minimum atomic E-state index is -0.431. The first-order chi connectivity index (χ1) is 11.6. The van der Waals surface area contributed by atoms with Crippen LogP contribution in [0.15, 0.2) is 21.0 Å². The van der Waals surface area contributed by atoms with Gasteiger partial charge in [-0.1, -0.05) is 6.92 Å². The molecule has 1 amide bonds. The third-order valence-corrected chi connectivity index (χ3v) is 5.03. The lowest BCUT2D eigenvalue weighted by Crippen LogP contribution is -2.43. The monoisotopic (exact) mass is 351 g/mol. The summed E-state index contributed by atoms with van der Waals surface area (Å²) < 4.78 is 8.58. The number of amides is 1. The number of nitrogens with zero attached hydrogens (tertiary/aromatic N) is 2. The second-order valence-electron chi connectivity index (χ2n) is 5.90. The molecule has 1 saturated heterocycles. The van der Waals surface area contributed by atoms with Crippen LogP contribution in [0.2, 0.25) is 0 Å². The Morgan fingerprint density at radius 3 is 2.96 bits per heavy atom. The molecule has 0 aromatic carbocycles. The van der Waals surface area contributed by atoms with Gasteiger partial charge in [0.15, 0.2) is 0 Å². The van der Waals surface area contributed by atoms with Crippen LogP contribution in [0.3, 0.4) is 0 Å². The van der Waals surface area contributed by atoms with E-state index in [-0.39, 0.29) is 24.1 Å². The van der Waals surface area contributed by atoms with E-state index in [2.05, 4.69) is 5.32 Å². The summed E-state index contributed by atoms with van der Waals surface area (Å²) in [6.45, 7) is 3.35. The maximum Gasteiger partial charge on any atom is 0.332 e. The SMILES string of the molecule is CCCn1c(=O)c2sccc2n(CC(=O)NC[C@H]2CCCO2)c1=O. The second kappa shape index (κ2) is 7.31. The lowest BCUT2D eigenvalue weighted by Gasteiger charge is -2.13. The van der Waals surface area contributed by atoms with Gasteiger partial charge in [-0.05, 0) is 30.7 Å². The highest BCUT2D eigenvalue weighted by atomic mass is 32.1. The summed E-state index contributed by atoms with van der Waals surface area (Å²) in [6, 6.07) is 1.71. The van der Waals surface area contributed by atoms with Crippen molar-refractivity contribution in [1.82, 2.24) is 14.5 Å². The summed E-state index contributed by atoms with van der Waals surface area (Å²) in [7, 11) is 0. The standard InChI is InChI=1S/C16H21N3O4S/c1-2-6-18-15(21)14-12(5-8-24-14)19(16(18)22)10-13(20)17-9-11-4-3-7-23-11/h5,8,11H,2-4,6-7,9-10H2,1H3,(H,17,20)/t11-/m1/s1. The molecule has 1 atom stereocenters. The average molecular weight is 351 g/mol. The number of fused-ring (bicyclic) bond motifs is 1. The van der Waals surface area contributed by atoms with E-state index < -0.39 is 5.69 Å². The van der Waals surface area contributed by atoms with Crippen LogP contribution < -0.4 is 16.6 Å². The maximum absolute atomic E-state index is 12.6. The van der Waals surface area contributed by atoms with Crippen LogP contribution in [-0.4, -0.2) is 34.3 Å². The Morgan fingerprint density at radius 1 is 1.42 bits per heavy atom. The van der Waals surface area contributed by atoms with Crippen molar-refractivity contribution >= 4 is 27.5 Å². The molecule has 1 aliphatic rings. The molecule has 1 N–H and O–H groups in total. The smallest absolute Gasteiger partial charge is 0.332 e. The van der Waals surface area contributed by atoms with Gasteiger partial charge in [0.2, 0.25) is 5.91 Å². The van der Waals surface area contributed by atoms with Gasteiger partial charge in [-0.15, -0.1) is 11.3 Å². The number of nitrogens with one attached hydrogen (secondary N) is 1. The van der Waals surface area contributed by atoms with Crippen molar-refractivity contribution in [2.24, 2.45) is 0 Å². The van der Waals surface area contributed by atoms with Crippen LogP contribution >= 0.6 is 11.3 Å². The third kappa shape index (κ3) is 3.29. The van der Waals surface area contributed by atoms with E-state index in [0.29, 0.717) is 29.7 Å². The van der Waals surface area contributed by atoms with Gasteiger partial charge in [-0.25, -0.2) is 4.79 Å². The molecule has 0 radical (unpaired) electrons. The summed E-state index contributed by atoms with van der Waals surface area (Å²) in [4.78, 5) is 37.2. The first kappa shape index (κ1) is 16.9. The second-order valence-corrected chi connectivity index (χ2v) is 6.82. The Labute approximate surface area is 142 Å². The minimum Gasteiger partial charge on any atom is -0.376 e. The molecule has 0 saturated carbocycles. The normalized spacial score (nSPS) is 17.5. The van der Waals surface area contributed by atoms with E-state index in [1.54, 1.807) is 11.4 Å². The molecule has 1 aliphatic heterocycles. The Bertz CT molecular complexity index is 845. The van der Waals surface area contributed by atoms with Gasteiger partial charge in [0, 0.05) is 19.7 Å². The lowest BCUT2D eigenvalue weighted by molar-refractivity contribution is -0.122. The predicted molar refractivity (Wildman–Crippen MR) is 92.6 cm³/mol. The Morgan fingerprint density at radius 2 is 2.25 bits per heavy atom. The highest BCUT2D eigenvalue weighted by Crippen LogP contribution is 2.15. The molecule has 7 nitrogen and oxygen atoms in total. The molecule has 2 aromatic heterocycles. The van der Waals surface area contributed by atoms with Gasteiger partial charge in [0.1, 0.15) is 11.2 Å². The molecule has 2 aromatic rings. The first-order valence-electron chi connectivity index (χ1n) is 8.21. The van der Waals surface area contributed by atoms with Crippen LogP contribution in [0.25, 0.3) is 10.2 Å². The topological polar surface area (TPSA) is 82.3 Å². The molecule has 24 heavy (non-hydrogen) atoms. The van der Waals surface area contributed by atoms with Crippen LogP contribution in [0.1, 0.15) is 26.2 Å². The van der Waals surface area contributed by atoms with E-state index in [1.807, 2.05) is 6.92 Å². The van der Waals surface area contributed by atoms with Gasteiger partial charge in [0.25, 0.3) is 5.56 Å². The molecule has 130 valence electrons. The number of hydrogen-bond acceptors (Lipinski definition) is 5. The maximum atomic E-state index is 12.6. The molecule has 0 spiro atoms. The van der Waals surface area contributed by atoms with Gasteiger partial charge < -0.3 is 10.1 Å². The number of aromatic nitrogens is 2. The molecular formula is C16H21N3O4S. The van der Waals surface area contributed by atoms with Gasteiger partial charge in [-0.2, -0.15) is 0 Å². The predicted octanol–water partition coefficient (Wildman–Crippen LogP) is 0.930. The number of rotatable bonds is 6. The zero-order valence-corrected chi connectivity index (χ0v) is 14.4. The molecule has 0 bridgehead atoms. The van der Waals surface area contributed by atoms with Crippen LogP contribution in [0, 0.1) is 0 Å². The van der Waals surface area contributed by atoms with E-state index in [9.17, 15) is 14.4 Å². The minimum absolute atomic E-state index is 0.0564. The van der Waals surface area contributed by atoms with Gasteiger partial charge >= 0.3 is 5.69 Å². The van der Waals surface area contributed by atoms with Crippen LogP contribution in [-0.2, 0) is 22.6 Å². The van der Waals surface area contributed by atoms with Crippen molar-refractivity contribution in [3.63, 3.8) is 0 Å². The summed E-state index contributed by atoms with van der Waals surface area (Å²) in [5.41, 5.74) is -0.183. The summed E-state index contributed by atoms with van der Waals surface area (Å²) in [6.07, 6.45) is 2.69. The zero-order valence-electron chi connectivity index (χ0n) is 13.6. The van der Waals surface area contributed by atoms with Gasteiger partial charge in [-0.3, -0.25) is 18.7 Å². The molecular weight excluding hydrogens is 330 g/mol. The van der Waals surface area contributed by atoms with E-state index in [0.717, 1.165) is 19.4 Å². The number of thiophene rings is 1. The zero-order chi connectivity index (χ0) is 17.1. The fourth-order valence-corrected chi connectivity index (χ4v) is 3.78. The van der Waals surface area contributed by atoms with E-state index in [1.165, 1.54) is 20.5 Å². The highest BCUT2D eigenvalue weighted by Gasteiger charge is 2.18. The molecule has 0 unspecified atom stereocenters. The molecule has 1 fully saturated rings. The average Bonchev–Trinajstić information content (AvgIpc) is 3.25.